The first-order valence-corrected chi connectivity index (χ1v) is 8.68. The van der Waals surface area contributed by atoms with Crippen LogP contribution in [0.5, 0.6) is 0 Å². The molecule has 2 aliphatic rings. The van der Waals surface area contributed by atoms with Crippen molar-refractivity contribution < 1.29 is 14.5 Å². The van der Waals surface area contributed by atoms with Gasteiger partial charge in [-0.25, -0.2) is 0 Å². The van der Waals surface area contributed by atoms with Crippen molar-refractivity contribution in [2.45, 2.75) is 19.3 Å². The van der Waals surface area contributed by atoms with Gasteiger partial charge in [0.2, 0.25) is 5.91 Å². The van der Waals surface area contributed by atoms with Gasteiger partial charge < -0.3 is 15.1 Å². The fourth-order valence-electron chi connectivity index (χ4n) is 3.12. The summed E-state index contributed by atoms with van der Waals surface area (Å²) in [5.74, 6) is 0.544. The molecule has 1 aliphatic heterocycles. The SMILES string of the molecule is O=C(C[NH+]1CCN(C(=O)C2CCC2)CC1)Nc1ccccc1Cl. The molecule has 2 fully saturated rings. The average Bonchev–Trinajstić information content (AvgIpc) is 2.48. The first-order valence-electron chi connectivity index (χ1n) is 8.30. The van der Waals surface area contributed by atoms with E-state index in [1.165, 1.54) is 11.3 Å². The Morgan fingerprint density at radius 3 is 2.52 bits per heavy atom. The third kappa shape index (κ3) is 4.03. The van der Waals surface area contributed by atoms with Crippen LogP contribution in [0.15, 0.2) is 24.3 Å². The number of carbonyl (C=O) groups excluding carboxylic acids is 2. The molecule has 5 nitrogen and oxygen atoms in total. The molecule has 0 radical (unpaired) electrons. The Kier molecular flexibility index (Phi) is 5.18. The van der Waals surface area contributed by atoms with Crippen molar-refractivity contribution in [1.29, 1.82) is 0 Å². The van der Waals surface area contributed by atoms with E-state index in [2.05, 4.69) is 5.32 Å². The molecular formula is C17H23ClN3O2+. The third-order valence-corrected chi connectivity index (χ3v) is 5.12. The number of piperazine rings is 1. The zero-order valence-corrected chi connectivity index (χ0v) is 13.9. The van der Waals surface area contributed by atoms with Crippen LogP contribution in [0.4, 0.5) is 5.69 Å². The van der Waals surface area contributed by atoms with Crippen LogP contribution in [0.25, 0.3) is 0 Å². The van der Waals surface area contributed by atoms with E-state index in [0.717, 1.165) is 39.0 Å². The Morgan fingerprint density at radius 2 is 1.91 bits per heavy atom. The molecule has 124 valence electrons. The van der Waals surface area contributed by atoms with Crippen LogP contribution < -0.4 is 10.2 Å². The van der Waals surface area contributed by atoms with Gasteiger partial charge in [0, 0.05) is 5.92 Å². The number of hydrogen-bond acceptors (Lipinski definition) is 2. The van der Waals surface area contributed by atoms with Crippen LogP contribution in [0.3, 0.4) is 0 Å². The Bertz CT molecular complexity index is 581. The number of rotatable bonds is 4. The number of para-hydroxylation sites is 1. The van der Waals surface area contributed by atoms with Gasteiger partial charge in [-0.3, -0.25) is 9.59 Å². The molecule has 3 rings (SSSR count). The summed E-state index contributed by atoms with van der Waals surface area (Å²) in [5.41, 5.74) is 0.650. The highest BCUT2D eigenvalue weighted by molar-refractivity contribution is 6.33. The highest BCUT2D eigenvalue weighted by Crippen LogP contribution is 2.28. The Morgan fingerprint density at radius 1 is 1.22 bits per heavy atom. The molecular weight excluding hydrogens is 314 g/mol. The van der Waals surface area contributed by atoms with Crippen LogP contribution in [0, 0.1) is 5.92 Å². The van der Waals surface area contributed by atoms with Gasteiger partial charge >= 0.3 is 0 Å². The summed E-state index contributed by atoms with van der Waals surface area (Å²) in [6.07, 6.45) is 3.28. The summed E-state index contributed by atoms with van der Waals surface area (Å²) in [5, 5.41) is 3.40. The zero-order chi connectivity index (χ0) is 16.2. The molecule has 0 bridgehead atoms. The molecule has 6 heteroatoms. The van der Waals surface area contributed by atoms with Crippen LogP contribution in [0.2, 0.25) is 5.02 Å². The van der Waals surface area contributed by atoms with E-state index in [0.29, 0.717) is 23.2 Å². The number of quaternary nitrogens is 1. The Hall–Kier alpha value is -1.59. The molecule has 2 amide bonds. The molecule has 2 N–H and O–H groups in total. The lowest BCUT2D eigenvalue weighted by atomic mass is 9.84. The van der Waals surface area contributed by atoms with Crippen molar-refractivity contribution in [2.24, 2.45) is 5.92 Å². The molecule has 23 heavy (non-hydrogen) atoms. The summed E-state index contributed by atoms with van der Waals surface area (Å²) < 4.78 is 0. The van der Waals surface area contributed by atoms with E-state index in [4.69, 9.17) is 11.6 Å². The van der Waals surface area contributed by atoms with Crippen molar-refractivity contribution in [1.82, 2.24) is 4.90 Å². The highest BCUT2D eigenvalue weighted by atomic mass is 35.5. The standard InChI is InChI=1S/C17H22ClN3O2/c18-14-6-1-2-7-15(14)19-16(22)12-20-8-10-21(11-9-20)17(23)13-4-3-5-13/h1-2,6-7,13H,3-5,8-12H2,(H,19,22)/p+1. The minimum Gasteiger partial charge on any atom is -0.331 e. The predicted molar refractivity (Wildman–Crippen MR) is 89.6 cm³/mol. The fourth-order valence-corrected chi connectivity index (χ4v) is 3.30. The smallest absolute Gasteiger partial charge is 0.279 e. The number of carbonyl (C=O) groups is 2. The van der Waals surface area contributed by atoms with Gasteiger partial charge in [0.25, 0.3) is 5.91 Å². The normalized spacial score (nSPS) is 19.3. The van der Waals surface area contributed by atoms with Gasteiger partial charge in [-0.05, 0) is 25.0 Å². The molecule has 1 aliphatic carbocycles. The fraction of sp³-hybridized carbons (Fsp3) is 0.529. The molecule has 1 saturated heterocycles. The summed E-state index contributed by atoms with van der Waals surface area (Å²) >= 11 is 6.05. The lowest BCUT2D eigenvalue weighted by Crippen LogP contribution is -3.15. The summed E-state index contributed by atoms with van der Waals surface area (Å²) in [6, 6.07) is 7.24. The van der Waals surface area contributed by atoms with Gasteiger partial charge in [-0.15, -0.1) is 0 Å². The second kappa shape index (κ2) is 7.32. The quantitative estimate of drug-likeness (QED) is 0.855. The van der Waals surface area contributed by atoms with E-state index in [-0.39, 0.29) is 11.8 Å². The second-order valence-electron chi connectivity index (χ2n) is 6.41. The molecule has 0 atom stereocenters. The first kappa shape index (κ1) is 16.3. The number of benzene rings is 1. The lowest BCUT2D eigenvalue weighted by Gasteiger charge is -2.36. The van der Waals surface area contributed by atoms with Crippen LogP contribution >= 0.6 is 11.6 Å². The molecule has 0 spiro atoms. The van der Waals surface area contributed by atoms with Crippen LogP contribution in [-0.2, 0) is 9.59 Å². The average molecular weight is 337 g/mol. The highest BCUT2D eigenvalue weighted by Gasteiger charge is 2.32. The predicted octanol–water partition coefficient (Wildman–Crippen LogP) is 0.806. The third-order valence-electron chi connectivity index (χ3n) is 4.80. The topological polar surface area (TPSA) is 53.9 Å². The number of halogens is 1. The Balaban J connectivity index is 1.44. The van der Waals surface area contributed by atoms with E-state index in [1.54, 1.807) is 12.1 Å². The van der Waals surface area contributed by atoms with Crippen molar-refractivity contribution in [3.8, 4) is 0 Å². The van der Waals surface area contributed by atoms with Crippen molar-refractivity contribution in [3.63, 3.8) is 0 Å². The molecule has 1 saturated carbocycles. The van der Waals surface area contributed by atoms with E-state index < -0.39 is 0 Å². The zero-order valence-electron chi connectivity index (χ0n) is 13.2. The van der Waals surface area contributed by atoms with Crippen molar-refractivity contribution >= 4 is 29.1 Å². The largest absolute Gasteiger partial charge is 0.331 e. The maximum Gasteiger partial charge on any atom is 0.279 e. The minimum absolute atomic E-state index is 0.0353. The number of hydrogen-bond donors (Lipinski definition) is 2. The van der Waals surface area contributed by atoms with Gasteiger partial charge in [-0.1, -0.05) is 30.2 Å². The van der Waals surface area contributed by atoms with Gasteiger partial charge in [0.05, 0.1) is 36.9 Å². The van der Waals surface area contributed by atoms with E-state index >= 15 is 0 Å². The molecule has 0 aromatic heterocycles. The maximum atomic E-state index is 12.2. The lowest BCUT2D eigenvalue weighted by molar-refractivity contribution is -0.895. The van der Waals surface area contributed by atoms with Crippen LogP contribution in [0.1, 0.15) is 19.3 Å². The van der Waals surface area contributed by atoms with Gasteiger partial charge in [0.1, 0.15) is 0 Å². The summed E-state index contributed by atoms with van der Waals surface area (Å²) in [6.45, 7) is 3.58. The van der Waals surface area contributed by atoms with Gasteiger partial charge in [0.15, 0.2) is 6.54 Å². The molecule has 1 heterocycles. The van der Waals surface area contributed by atoms with Crippen molar-refractivity contribution in [3.05, 3.63) is 29.3 Å². The first-order chi connectivity index (χ1) is 11.1. The van der Waals surface area contributed by atoms with Gasteiger partial charge in [-0.2, -0.15) is 0 Å². The number of anilines is 1. The monoisotopic (exact) mass is 336 g/mol. The van der Waals surface area contributed by atoms with Crippen molar-refractivity contribution in [2.75, 3.05) is 38.0 Å². The van der Waals surface area contributed by atoms with E-state index in [1.807, 2.05) is 17.0 Å². The van der Waals surface area contributed by atoms with E-state index in [9.17, 15) is 9.59 Å². The second-order valence-corrected chi connectivity index (χ2v) is 6.82. The number of nitrogens with zero attached hydrogens (tertiary/aromatic N) is 1. The molecule has 0 unspecified atom stereocenters. The Labute approximate surface area is 141 Å². The minimum atomic E-state index is -0.0353. The summed E-state index contributed by atoms with van der Waals surface area (Å²) in [4.78, 5) is 27.5. The number of amides is 2. The number of nitrogens with one attached hydrogen (secondary N) is 2. The molecule has 1 aromatic carbocycles. The maximum absolute atomic E-state index is 12.2. The molecule has 1 aromatic rings. The van der Waals surface area contributed by atoms with Crippen LogP contribution in [-0.4, -0.2) is 49.4 Å². The summed E-state index contributed by atoms with van der Waals surface area (Å²) in [7, 11) is 0.